The highest BCUT2D eigenvalue weighted by Gasteiger charge is 2.33. The van der Waals surface area contributed by atoms with Gasteiger partial charge in [-0.25, -0.2) is 13.8 Å². The van der Waals surface area contributed by atoms with Crippen molar-refractivity contribution in [1.29, 1.82) is 0 Å². The second kappa shape index (κ2) is 8.25. The number of halogens is 2. The summed E-state index contributed by atoms with van der Waals surface area (Å²) in [5, 5.41) is 3.40. The smallest absolute Gasteiger partial charge is 0.259 e. The fourth-order valence-electron chi connectivity index (χ4n) is 3.64. The van der Waals surface area contributed by atoms with Crippen molar-refractivity contribution in [3.63, 3.8) is 0 Å². The average Bonchev–Trinajstić information content (AvgIpc) is 2.93. The molecular weight excluding hydrogens is 404 g/mol. The van der Waals surface area contributed by atoms with Crippen LogP contribution in [-0.2, 0) is 0 Å². The fourth-order valence-corrected chi connectivity index (χ4v) is 3.64. The molecule has 31 heavy (non-hydrogen) atoms. The van der Waals surface area contributed by atoms with Crippen LogP contribution < -0.4 is 16.0 Å². The van der Waals surface area contributed by atoms with Gasteiger partial charge in [0.25, 0.3) is 5.91 Å². The van der Waals surface area contributed by atoms with Gasteiger partial charge in [-0.2, -0.15) is 0 Å². The molecule has 3 N–H and O–H groups in total. The number of amides is 2. The summed E-state index contributed by atoms with van der Waals surface area (Å²) in [5.74, 6) is -3.46. The Morgan fingerprint density at radius 3 is 2.77 bits per heavy atom. The molecule has 7 nitrogen and oxygen atoms in total. The number of fused-ring (bicyclic) bond motifs is 1. The second-order valence-electron chi connectivity index (χ2n) is 7.52. The lowest BCUT2D eigenvalue weighted by molar-refractivity contribution is -0.0102. The normalized spacial score (nSPS) is 16.0. The van der Waals surface area contributed by atoms with E-state index in [4.69, 9.17) is 5.73 Å². The number of rotatable bonds is 4. The van der Waals surface area contributed by atoms with E-state index in [9.17, 15) is 18.4 Å². The number of benzene rings is 1. The van der Waals surface area contributed by atoms with Crippen molar-refractivity contribution in [2.45, 2.75) is 25.2 Å². The highest BCUT2D eigenvalue weighted by atomic mass is 19.3. The molecule has 1 fully saturated rings. The summed E-state index contributed by atoms with van der Waals surface area (Å²) < 4.78 is 27.8. The molecule has 2 aromatic heterocycles. The van der Waals surface area contributed by atoms with Gasteiger partial charge in [0.05, 0.1) is 11.1 Å². The molecule has 160 valence electrons. The number of hydrogen-bond donors (Lipinski definition) is 2. The Morgan fingerprint density at radius 2 is 1.97 bits per heavy atom. The summed E-state index contributed by atoms with van der Waals surface area (Å²) in [5.41, 5.74) is 6.82. The van der Waals surface area contributed by atoms with Gasteiger partial charge in [-0.3, -0.25) is 14.6 Å². The van der Waals surface area contributed by atoms with E-state index in [-0.39, 0.29) is 30.5 Å². The van der Waals surface area contributed by atoms with Crippen LogP contribution >= 0.6 is 0 Å². The number of nitrogens with zero attached hydrogens (tertiary/aromatic N) is 3. The fraction of sp³-hybridized carbons (Fsp3) is 0.273. The number of nitrogens with one attached hydrogen (secondary N) is 1. The molecule has 3 heterocycles. The van der Waals surface area contributed by atoms with E-state index in [1.54, 1.807) is 47.6 Å². The van der Waals surface area contributed by atoms with E-state index in [0.29, 0.717) is 35.4 Å². The molecular formula is C22H21F2N5O2. The third kappa shape index (κ3) is 4.60. The predicted octanol–water partition coefficient (Wildman–Crippen LogP) is 3.61. The summed E-state index contributed by atoms with van der Waals surface area (Å²) in [6, 6.07) is 9.62. The zero-order valence-electron chi connectivity index (χ0n) is 16.6. The molecule has 0 atom stereocenters. The molecule has 0 radical (unpaired) electrons. The van der Waals surface area contributed by atoms with Crippen molar-refractivity contribution in [2.75, 3.05) is 23.3 Å². The summed E-state index contributed by atoms with van der Waals surface area (Å²) in [4.78, 5) is 35.0. The second-order valence-corrected chi connectivity index (χ2v) is 7.52. The summed E-state index contributed by atoms with van der Waals surface area (Å²) in [6.45, 7) is 0.463. The molecule has 1 aromatic carbocycles. The predicted molar refractivity (Wildman–Crippen MR) is 113 cm³/mol. The van der Waals surface area contributed by atoms with Crippen molar-refractivity contribution in [2.24, 2.45) is 5.73 Å². The zero-order chi connectivity index (χ0) is 22.0. The van der Waals surface area contributed by atoms with Crippen LogP contribution in [-0.4, -0.2) is 40.8 Å². The topological polar surface area (TPSA) is 101 Å². The minimum absolute atomic E-state index is 0.0913. The average molecular weight is 425 g/mol. The van der Waals surface area contributed by atoms with E-state index >= 15 is 0 Å². The Kier molecular flexibility index (Phi) is 5.50. The van der Waals surface area contributed by atoms with Gasteiger partial charge in [-0.1, -0.05) is 6.07 Å². The van der Waals surface area contributed by atoms with Crippen LogP contribution in [0.4, 0.5) is 20.3 Å². The van der Waals surface area contributed by atoms with Gasteiger partial charge in [0, 0.05) is 55.0 Å². The number of pyridine rings is 2. The van der Waals surface area contributed by atoms with Gasteiger partial charge in [-0.15, -0.1) is 0 Å². The number of hydrogen-bond acceptors (Lipinski definition) is 5. The molecule has 1 saturated heterocycles. The summed E-state index contributed by atoms with van der Waals surface area (Å²) in [6.07, 6.45) is 2.98. The van der Waals surface area contributed by atoms with Crippen molar-refractivity contribution >= 4 is 34.2 Å². The number of alkyl halides is 2. The minimum Gasteiger partial charge on any atom is -0.366 e. The standard InChI is InChI=1S/C22H21F2N5O2/c23-22(24)6-2-9-29(10-7-22)20-17(12-15-13-26-8-5-18(15)28-20)21(31)27-16-4-1-3-14(11-16)19(25)30/h1,3-5,8,11-13H,2,6-7,9-10H2,(H2,25,30)(H,27,31). The van der Waals surface area contributed by atoms with E-state index in [0.717, 1.165) is 0 Å². The molecule has 9 heteroatoms. The molecule has 0 unspecified atom stereocenters. The molecule has 3 aromatic rings. The zero-order valence-corrected chi connectivity index (χ0v) is 16.6. The van der Waals surface area contributed by atoms with E-state index in [1.807, 2.05) is 0 Å². The quantitative estimate of drug-likeness (QED) is 0.665. The van der Waals surface area contributed by atoms with Gasteiger partial charge in [-0.05, 0) is 36.8 Å². The molecule has 0 spiro atoms. The largest absolute Gasteiger partial charge is 0.366 e. The van der Waals surface area contributed by atoms with Crippen LogP contribution in [0.15, 0.2) is 48.8 Å². The first-order chi connectivity index (χ1) is 14.8. The lowest BCUT2D eigenvalue weighted by Crippen LogP contribution is -2.29. The molecule has 4 rings (SSSR count). The molecule has 1 aliphatic heterocycles. The van der Waals surface area contributed by atoms with Crippen molar-refractivity contribution in [3.05, 3.63) is 59.9 Å². The van der Waals surface area contributed by atoms with E-state index in [1.165, 1.54) is 6.07 Å². The summed E-state index contributed by atoms with van der Waals surface area (Å²) >= 11 is 0. The van der Waals surface area contributed by atoms with Gasteiger partial charge in [0.1, 0.15) is 5.82 Å². The Labute approximate surface area is 177 Å². The molecule has 0 aliphatic carbocycles. The van der Waals surface area contributed by atoms with Gasteiger partial charge in [0.15, 0.2) is 0 Å². The SMILES string of the molecule is NC(=O)c1cccc(NC(=O)c2cc3cnccc3nc2N2CCCC(F)(F)CC2)c1. The summed E-state index contributed by atoms with van der Waals surface area (Å²) in [7, 11) is 0. The maximum absolute atomic E-state index is 13.9. The molecule has 0 bridgehead atoms. The molecule has 0 saturated carbocycles. The lowest BCUT2D eigenvalue weighted by Gasteiger charge is -2.24. The van der Waals surface area contributed by atoms with Crippen molar-refractivity contribution in [3.8, 4) is 0 Å². The number of primary amides is 1. The number of nitrogens with two attached hydrogens (primary N) is 1. The maximum Gasteiger partial charge on any atom is 0.259 e. The van der Waals surface area contributed by atoms with Gasteiger partial charge in [0.2, 0.25) is 11.8 Å². The van der Waals surface area contributed by atoms with Crippen molar-refractivity contribution < 1.29 is 18.4 Å². The minimum atomic E-state index is -2.73. The van der Waals surface area contributed by atoms with E-state index < -0.39 is 17.7 Å². The van der Waals surface area contributed by atoms with Gasteiger partial charge < -0.3 is 16.0 Å². The van der Waals surface area contributed by atoms with Gasteiger partial charge >= 0.3 is 0 Å². The third-order valence-electron chi connectivity index (χ3n) is 5.26. The van der Waals surface area contributed by atoms with Crippen LogP contribution in [0.2, 0.25) is 0 Å². The number of anilines is 2. The molecule has 1 aliphatic rings. The number of carbonyl (C=O) groups excluding carboxylic acids is 2. The van der Waals surface area contributed by atoms with Crippen LogP contribution in [0.25, 0.3) is 10.9 Å². The Bertz CT molecular complexity index is 1150. The number of carbonyl (C=O) groups is 2. The lowest BCUT2D eigenvalue weighted by atomic mass is 10.1. The van der Waals surface area contributed by atoms with E-state index in [2.05, 4.69) is 15.3 Å². The maximum atomic E-state index is 13.9. The molecule has 2 amide bonds. The first kappa shape index (κ1) is 20.6. The third-order valence-corrected chi connectivity index (χ3v) is 5.26. The van der Waals surface area contributed by atoms with Crippen LogP contribution in [0.5, 0.6) is 0 Å². The van der Waals surface area contributed by atoms with Crippen LogP contribution in [0.1, 0.15) is 40.0 Å². The first-order valence-corrected chi connectivity index (χ1v) is 9.91. The Hall–Kier alpha value is -3.62. The first-order valence-electron chi connectivity index (χ1n) is 9.91. The van der Waals surface area contributed by atoms with Crippen LogP contribution in [0.3, 0.4) is 0 Å². The highest BCUT2D eigenvalue weighted by molar-refractivity contribution is 6.10. The number of aromatic nitrogens is 2. The van der Waals surface area contributed by atoms with Crippen molar-refractivity contribution in [1.82, 2.24) is 9.97 Å². The Balaban J connectivity index is 1.71. The highest BCUT2D eigenvalue weighted by Crippen LogP contribution is 2.32. The monoisotopic (exact) mass is 425 g/mol. The Morgan fingerprint density at radius 1 is 1.13 bits per heavy atom. The van der Waals surface area contributed by atoms with Crippen LogP contribution in [0, 0.1) is 0 Å².